The molecule has 0 bridgehead atoms. The Balaban J connectivity index is 1.73. The number of rotatable bonds is 4. The molecule has 6 heteroatoms. The minimum Gasteiger partial charge on any atom is -0.387 e. The van der Waals surface area contributed by atoms with Gasteiger partial charge < -0.3 is 15.7 Å². The molecule has 0 aliphatic heterocycles. The fourth-order valence-electron chi connectivity index (χ4n) is 2.53. The number of carbonyl (C=O) groups is 2. The molecule has 1 aliphatic rings. The molecule has 0 aromatic carbocycles. The predicted octanol–water partition coefficient (Wildman–Crippen LogP) is 1.74. The Morgan fingerprint density at radius 2 is 1.95 bits per heavy atom. The van der Waals surface area contributed by atoms with Crippen LogP contribution in [0.1, 0.15) is 50.2 Å². The first-order valence-electron chi connectivity index (χ1n) is 7.45. The SMILES string of the molecule is O=C(NCC(O)c1ccsc1)C(=O)NC1CCCCCC1. The van der Waals surface area contributed by atoms with E-state index in [0.717, 1.165) is 31.2 Å². The second-order valence-corrected chi connectivity index (χ2v) is 6.22. The molecular formula is C15H22N2O3S. The zero-order valence-corrected chi connectivity index (χ0v) is 12.8. The normalized spacial score (nSPS) is 17.8. The molecule has 5 nitrogen and oxygen atoms in total. The molecule has 1 aromatic heterocycles. The number of aliphatic hydroxyl groups excluding tert-OH is 1. The summed E-state index contributed by atoms with van der Waals surface area (Å²) in [6.45, 7) is 0.0493. The second-order valence-electron chi connectivity index (χ2n) is 5.44. The van der Waals surface area contributed by atoms with Gasteiger partial charge in [-0.15, -0.1) is 0 Å². The van der Waals surface area contributed by atoms with Crippen molar-refractivity contribution in [1.29, 1.82) is 0 Å². The lowest BCUT2D eigenvalue weighted by Gasteiger charge is -2.16. The number of nitrogens with one attached hydrogen (secondary N) is 2. The minimum absolute atomic E-state index is 0.0493. The van der Waals surface area contributed by atoms with Crippen molar-refractivity contribution in [3.05, 3.63) is 22.4 Å². The molecule has 0 spiro atoms. The Morgan fingerprint density at radius 3 is 2.57 bits per heavy atom. The fraction of sp³-hybridized carbons (Fsp3) is 0.600. The summed E-state index contributed by atoms with van der Waals surface area (Å²) >= 11 is 1.48. The van der Waals surface area contributed by atoms with Gasteiger partial charge in [0.25, 0.3) is 0 Å². The maximum Gasteiger partial charge on any atom is 0.309 e. The highest BCUT2D eigenvalue weighted by atomic mass is 32.1. The van der Waals surface area contributed by atoms with Crippen molar-refractivity contribution in [2.24, 2.45) is 0 Å². The molecule has 1 fully saturated rings. The number of hydrogen-bond acceptors (Lipinski definition) is 4. The Kier molecular flexibility index (Phi) is 6.20. The van der Waals surface area contributed by atoms with Gasteiger partial charge in [-0.2, -0.15) is 11.3 Å². The maximum atomic E-state index is 11.8. The van der Waals surface area contributed by atoms with Crippen LogP contribution in [-0.2, 0) is 9.59 Å². The average molecular weight is 310 g/mol. The molecule has 2 amide bonds. The van der Waals surface area contributed by atoms with Crippen molar-refractivity contribution in [2.75, 3.05) is 6.54 Å². The van der Waals surface area contributed by atoms with Gasteiger partial charge in [-0.05, 0) is 35.2 Å². The lowest BCUT2D eigenvalue weighted by molar-refractivity contribution is -0.139. The highest BCUT2D eigenvalue weighted by molar-refractivity contribution is 7.07. The van der Waals surface area contributed by atoms with E-state index in [1.807, 2.05) is 10.8 Å². The van der Waals surface area contributed by atoms with Gasteiger partial charge in [-0.1, -0.05) is 25.7 Å². The molecule has 21 heavy (non-hydrogen) atoms. The molecule has 1 saturated carbocycles. The van der Waals surface area contributed by atoms with Crippen molar-refractivity contribution >= 4 is 23.2 Å². The summed E-state index contributed by atoms with van der Waals surface area (Å²) in [7, 11) is 0. The lowest BCUT2D eigenvalue weighted by atomic mass is 10.1. The summed E-state index contributed by atoms with van der Waals surface area (Å²) in [4.78, 5) is 23.6. The Labute approximate surface area is 128 Å². The maximum absolute atomic E-state index is 11.8. The monoisotopic (exact) mass is 310 g/mol. The van der Waals surface area contributed by atoms with Crippen LogP contribution < -0.4 is 10.6 Å². The molecule has 1 aromatic rings. The van der Waals surface area contributed by atoms with Crippen LogP contribution in [0.25, 0.3) is 0 Å². The van der Waals surface area contributed by atoms with Gasteiger partial charge in [0.15, 0.2) is 0 Å². The summed E-state index contributed by atoms with van der Waals surface area (Å²) in [5, 5.41) is 18.8. The third-order valence-corrected chi connectivity index (χ3v) is 4.48. The average Bonchev–Trinajstić information content (AvgIpc) is 2.90. The fourth-order valence-corrected chi connectivity index (χ4v) is 3.23. The third-order valence-electron chi connectivity index (χ3n) is 3.78. The van der Waals surface area contributed by atoms with Crippen molar-refractivity contribution < 1.29 is 14.7 Å². The molecule has 116 valence electrons. The van der Waals surface area contributed by atoms with Crippen LogP contribution in [0.15, 0.2) is 16.8 Å². The van der Waals surface area contributed by atoms with Crippen molar-refractivity contribution in [2.45, 2.75) is 50.7 Å². The number of aliphatic hydroxyl groups is 1. The third kappa shape index (κ3) is 5.13. The topological polar surface area (TPSA) is 78.4 Å². The Morgan fingerprint density at radius 1 is 1.24 bits per heavy atom. The van der Waals surface area contributed by atoms with Gasteiger partial charge in [-0.3, -0.25) is 9.59 Å². The van der Waals surface area contributed by atoms with E-state index in [9.17, 15) is 14.7 Å². The number of carbonyl (C=O) groups excluding carboxylic acids is 2. The Bertz CT molecular complexity index is 453. The molecule has 2 rings (SSSR count). The molecular weight excluding hydrogens is 288 g/mol. The summed E-state index contributed by atoms with van der Waals surface area (Å²) in [6.07, 6.45) is 5.71. The molecule has 0 saturated heterocycles. The minimum atomic E-state index is -0.772. The zero-order valence-electron chi connectivity index (χ0n) is 12.0. The standard InChI is InChI=1S/C15H22N2O3S/c18-13(11-7-8-21-10-11)9-16-14(19)15(20)17-12-5-3-1-2-4-6-12/h7-8,10,12-13,18H,1-6,9H2,(H,16,19)(H,17,20). The van der Waals surface area contributed by atoms with Crippen LogP contribution in [-0.4, -0.2) is 29.5 Å². The largest absolute Gasteiger partial charge is 0.387 e. The molecule has 1 heterocycles. The van der Waals surface area contributed by atoms with Gasteiger partial charge in [0.2, 0.25) is 0 Å². The lowest BCUT2D eigenvalue weighted by Crippen LogP contribution is -2.45. The van der Waals surface area contributed by atoms with Gasteiger partial charge in [0.05, 0.1) is 6.10 Å². The molecule has 1 aliphatic carbocycles. The number of thiophene rings is 1. The number of hydrogen-bond donors (Lipinski definition) is 3. The van der Waals surface area contributed by atoms with E-state index in [0.29, 0.717) is 0 Å². The number of amides is 2. The van der Waals surface area contributed by atoms with Crippen LogP contribution in [0.4, 0.5) is 0 Å². The molecule has 0 radical (unpaired) electrons. The molecule has 3 N–H and O–H groups in total. The van der Waals surface area contributed by atoms with Crippen LogP contribution in [0.3, 0.4) is 0 Å². The Hall–Kier alpha value is -1.40. The second kappa shape index (κ2) is 8.14. The summed E-state index contributed by atoms with van der Waals surface area (Å²) in [5.41, 5.74) is 0.754. The van der Waals surface area contributed by atoms with Gasteiger partial charge in [0, 0.05) is 12.6 Å². The van der Waals surface area contributed by atoms with Crippen molar-refractivity contribution in [3.8, 4) is 0 Å². The van der Waals surface area contributed by atoms with Crippen LogP contribution in [0.2, 0.25) is 0 Å². The zero-order chi connectivity index (χ0) is 15.1. The van der Waals surface area contributed by atoms with E-state index in [4.69, 9.17) is 0 Å². The van der Waals surface area contributed by atoms with Crippen molar-refractivity contribution in [3.63, 3.8) is 0 Å². The van der Waals surface area contributed by atoms with E-state index in [-0.39, 0.29) is 12.6 Å². The van der Waals surface area contributed by atoms with Gasteiger partial charge >= 0.3 is 11.8 Å². The first-order chi connectivity index (χ1) is 10.2. The van der Waals surface area contributed by atoms with E-state index >= 15 is 0 Å². The smallest absolute Gasteiger partial charge is 0.309 e. The quantitative estimate of drug-likeness (QED) is 0.585. The van der Waals surface area contributed by atoms with Crippen LogP contribution >= 0.6 is 11.3 Å². The summed E-state index contributed by atoms with van der Waals surface area (Å²) < 4.78 is 0. The van der Waals surface area contributed by atoms with Crippen molar-refractivity contribution in [1.82, 2.24) is 10.6 Å². The van der Waals surface area contributed by atoms with E-state index < -0.39 is 17.9 Å². The predicted molar refractivity (Wildman–Crippen MR) is 81.9 cm³/mol. The summed E-state index contributed by atoms with van der Waals surface area (Å²) in [6, 6.07) is 1.90. The van der Waals surface area contributed by atoms with E-state index in [1.165, 1.54) is 24.2 Å². The van der Waals surface area contributed by atoms with Gasteiger partial charge in [-0.25, -0.2) is 0 Å². The van der Waals surface area contributed by atoms with E-state index in [2.05, 4.69) is 10.6 Å². The highest BCUT2D eigenvalue weighted by Gasteiger charge is 2.20. The van der Waals surface area contributed by atoms with Gasteiger partial charge in [0.1, 0.15) is 0 Å². The molecule has 1 atom stereocenters. The highest BCUT2D eigenvalue weighted by Crippen LogP contribution is 2.17. The summed E-state index contributed by atoms with van der Waals surface area (Å²) in [5.74, 6) is -1.27. The first kappa shape index (κ1) is 16.0. The van der Waals surface area contributed by atoms with Crippen LogP contribution in [0.5, 0.6) is 0 Å². The van der Waals surface area contributed by atoms with E-state index in [1.54, 1.807) is 6.07 Å². The van der Waals surface area contributed by atoms with Crippen LogP contribution in [0, 0.1) is 0 Å². The molecule has 1 unspecified atom stereocenters. The first-order valence-corrected chi connectivity index (χ1v) is 8.40.